The first-order valence-electron chi connectivity index (χ1n) is 11.2. The van der Waals surface area contributed by atoms with Crippen LogP contribution in [-0.2, 0) is 0 Å². The molecule has 0 bridgehead atoms. The molecule has 0 aliphatic heterocycles. The second-order valence-electron chi connectivity index (χ2n) is 10.0. The quantitative estimate of drug-likeness (QED) is 0.267. The maximum absolute atomic E-state index is 6.19. The summed E-state index contributed by atoms with van der Waals surface area (Å²) in [7, 11) is 0. The van der Waals surface area contributed by atoms with Crippen LogP contribution in [-0.4, -0.2) is 23.1 Å². The maximum atomic E-state index is 6.19. The molecule has 0 radical (unpaired) electrons. The SMILES string of the molecule is Cc1ccccc1OCCCC(C)(C)CC(C)(C)CCN(N)/C=C(\N)c1cccnc1. The van der Waals surface area contributed by atoms with E-state index >= 15 is 0 Å². The Labute approximate surface area is 188 Å². The number of pyridine rings is 1. The van der Waals surface area contributed by atoms with Crippen molar-refractivity contribution in [3.05, 3.63) is 66.1 Å². The number of nitrogens with two attached hydrogens (primary N) is 2. The molecule has 1 aromatic carbocycles. The predicted molar refractivity (Wildman–Crippen MR) is 130 cm³/mol. The van der Waals surface area contributed by atoms with Crippen LogP contribution in [0.5, 0.6) is 5.75 Å². The molecule has 4 N–H and O–H groups in total. The fourth-order valence-corrected chi connectivity index (χ4v) is 4.21. The zero-order valence-electron chi connectivity index (χ0n) is 19.9. The van der Waals surface area contributed by atoms with Crippen molar-refractivity contribution in [3.63, 3.8) is 0 Å². The van der Waals surface area contributed by atoms with Gasteiger partial charge in [0.25, 0.3) is 0 Å². The first-order chi connectivity index (χ1) is 14.6. The van der Waals surface area contributed by atoms with Gasteiger partial charge in [-0.05, 0) is 67.2 Å². The molecule has 1 aromatic heterocycles. The monoisotopic (exact) mass is 424 g/mol. The van der Waals surface area contributed by atoms with Crippen molar-refractivity contribution in [2.45, 2.75) is 60.3 Å². The summed E-state index contributed by atoms with van der Waals surface area (Å²) in [6, 6.07) is 12.0. The fraction of sp³-hybridized carbons (Fsp3) is 0.500. The number of aryl methyl sites for hydroxylation is 1. The van der Waals surface area contributed by atoms with Crippen molar-refractivity contribution < 1.29 is 4.74 Å². The minimum atomic E-state index is 0.175. The number of hydrogen-bond acceptors (Lipinski definition) is 5. The maximum Gasteiger partial charge on any atom is 0.122 e. The van der Waals surface area contributed by atoms with Crippen LogP contribution in [0.25, 0.3) is 5.70 Å². The lowest BCUT2D eigenvalue weighted by atomic mass is 9.71. The standard InChI is InChI=1S/C26H40N4O/c1-21-10-6-7-12-24(21)31-17-9-13-25(2,3)20-26(4,5)14-16-30(28)19-23(27)22-11-8-15-29-18-22/h6-8,10-12,15,18-19H,9,13-14,16-17,20,27-28H2,1-5H3/b23-19-. The summed E-state index contributed by atoms with van der Waals surface area (Å²) in [5.41, 5.74) is 9.25. The van der Waals surface area contributed by atoms with Crippen molar-refractivity contribution in [1.29, 1.82) is 0 Å². The fourth-order valence-electron chi connectivity index (χ4n) is 4.21. The lowest BCUT2D eigenvalue weighted by molar-refractivity contribution is 0.148. The summed E-state index contributed by atoms with van der Waals surface area (Å²) in [5.74, 6) is 7.18. The van der Waals surface area contributed by atoms with E-state index in [0.29, 0.717) is 5.70 Å². The lowest BCUT2D eigenvalue weighted by Crippen LogP contribution is -2.32. The summed E-state index contributed by atoms with van der Waals surface area (Å²) < 4.78 is 5.97. The summed E-state index contributed by atoms with van der Waals surface area (Å²) in [6.07, 6.45) is 9.56. The third kappa shape index (κ3) is 9.01. The van der Waals surface area contributed by atoms with E-state index in [1.807, 2.05) is 30.3 Å². The molecular weight excluding hydrogens is 384 g/mol. The third-order valence-corrected chi connectivity index (χ3v) is 5.65. The molecule has 0 spiro atoms. The molecule has 0 unspecified atom stereocenters. The van der Waals surface area contributed by atoms with Gasteiger partial charge in [0.15, 0.2) is 0 Å². The largest absolute Gasteiger partial charge is 0.493 e. The number of hydrogen-bond donors (Lipinski definition) is 2. The van der Waals surface area contributed by atoms with Gasteiger partial charge in [0.05, 0.1) is 12.3 Å². The average molecular weight is 425 g/mol. The molecule has 5 nitrogen and oxygen atoms in total. The molecule has 0 atom stereocenters. The summed E-state index contributed by atoms with van der Waals surface area (Å²) in [4.78, 5) is 4.10. The second kappa shape index (κ2) is 11.2. The van der Waals surface area contributed by atoms with Crippen molar-refractivity contribution in [2.24, 2.45) is 22.4 Å². The van der Waals surface area contributed by atoms with Gasteiger partial charge >= 0.3 is 0 Å². The molecule has 0 amide bonds. The van der Waals surface area contributed by atoms with Crippen LogP contribution in [0.1, 0.15) is 64.5 Å². The Morgan fingerprint density at radius 2 is 1.77 bits per heavy atom. The van der Waals surface area contributed by atoms with Gasteiger partial charge in [0.1, 0.15) is 5.75 Å². The number of benzene rings is 1. The number of rotatable bonds is 12. The molecule has 31 heavy (non-hydrogen) atoms. The highest BCUT2D eigenvalue weighted by atomic mass is 16.5. The van der Waals surface area contributed by atoms with E-state index in [-0.39, 0.29) is 10.8 Å². The Balaban J connectivity index is 1.77. The molecule has 0 saturated carbocycles. The highest BCUT2D eigenvalue weighted by molar-refractivity contribution is 5.60. The highest BCUT2D eigenvalue weighted by Crippen LogP contribution is 2.39. The number of aromatic nitrogens is 1. The third-order valence-electron chi connectivity index (χ3n) is 5.65. The molecule has 170 valence electrons. The molecule has 2 rings (SSSR count). The van der Waals surface area contributed by atoms with E-state index in [0.717, 1.165) is 50.1 Å². The molecular formula is C26H40N4O. The average Bonchev–Trinajstić information content (AvgIpc) is 2.71. The van der Waals surface area contributed by atoms with Crippen LogP contribution >= 0.6 is 0 Å². The Kier molecular flexibility index (Phi) is 8.93. The Morgan fingerprint density at radius 1 is 1.06 bits per heavy atom. The highest BCUT2D eigenvalue weighted by Gasteiger charge is 2.28. The number of ether oxygens (including phenoxy) is 1. The minimum Gasteiger partial charge on any atom is -0.493 e. The first kappa shape index (κ1) is 24.7. The molecule has 0 saturated heterocycles. The lowest BCUT2D eigenvalue weighted by Gasteiger charge is -2.36. The Morgan fingerprint density at radius 3 is 2.45 bits per heavy atom. The number of hydrazine groups is 1. The number of para-hydroxylation sites is 1. The first-order valence-corrected chi connectivity index (χ1v) is 11.2. The normalized spacial score (nSPS) is 12.6. The minimum absolute atomic E-state index is 0.175. The Bertz CT molecular complexity index is 830. The van der Waals surface area contributed by atoms with Crippen molar-refractivity contribution in [1.82, 2.24) is 9.99 Å². The molecule has 1 heterocycles. The topological polar surface area (TPSA) is 77.4 Å². The molecule has 2 aromatic rings. The molecule has 5 heteroatoms. The van der Waals surface area contributed by atoms with Crippen molar-refractivity contribution in [2.75, 3.05) is 13.2 Å². The van der Waals surface area contributed by atoms with Gasteiger partial charge in [0, 0.05) is 30.7 Å². The molecule has 0 aliphatic rings. The van der Waals surface area contributed by atoms with Gasteiger partial charge in [-0.25, -0.2) is 5.84 Å². The van der Waals surface area contributed by atoms with Gasteiger partial charge in [-0.2, -0.15) is 0 Å². The van der Waals surface area contributed by atoms with E-state index in [9.17, 15) is 0 Å². The zero-order valence-corrected chi connectivity index (χ0v) is 19.9. The van der Waals surface area contributed by atoms with Crippen molar-refractivity contribution in [3.8, 4) is 5.75 Å². The van der Waals surface area contributed by atoms with E-state index in [2.05, 4.69) is 45.7 Å². The van der Waals surface area contributed by atoms with Gasteiger partial charge in [0.2, 0.25) is 0 Å². The van der Waals surface area contributed by atoms with E-state index < -0.39 is 0 Å². The van der Waals surface area contributed by atoms with Crippen LogP contribution in [0, 0.1) is 17.8 Å². The summed E-state index contributed by atoms with van der Waals surface area (Å²) in [5, 5.41) is 1.69. The summed E-state index contributed by atoms with van der Waals surface area (Å²) in [6.45, 7) is 12.9. The van der Waals surface area contributed by atoms with Crippen LogP contribution in [0.3, 0.4) is 0 Å². The number of nitrogens with zero attached hydrogens (tertiary/aromatic N) is 2. The second-order valence-corrected chi connectivity index (χ2v) is 10.0. The van der Waals surface area contributed by atoms with E-state index in [1.165, 1.54) is 5.56 Å². The molecule has 0 fully saturated rings. The smallest absolute Gasteiger partial charge is 0.122 e. The Hall–Kier alpha value is -2.53. The van der Waals surface area contributed by atoms with E-state index in [1.54, 1.807) is 23.6 Å². The molecule has 0 aliphatic carbocycles. The van der Waals surface area contributed by atoms with E-state index in [4.69, 9.17) is 16.3 Å². The zero-order chi connectivity index (χ0) is 22.9. The van der Waals surface area contributed by atoms with Gasteiger partial charge in [-0.3, -0.25) is 4.98 Å². The van der Waals surface area contributed by atoms with Crippen molar-refractivity contribution >= 4 is 5.70 Å². The summed E-state index contributed by atoms with van der Waals surface area (Å²) >= 11 is 0. The van der Waals surface area contributed by atoms with Gasteiger partial charge < -0.3 is 15.5 Å². The van der Waals surface area contributed by atoms with Gasteiger partial charge in [-0.15, -0.1) is 0 Å². The van der Waals surface area contributed by atoms with Crippen LogP contribution in [0.2, 0.25) is 0 Å². The van der Waals surface area contributed by atoms with Crippen LogP contribution in [0.15, 0.2) is 55.0 Å². The van der Waals surface area contributed by atoms with Gasteiger partial charge in [-0.1, -0.05) is 45.9 Å². The van der Waals surface area contributed by atoms with Crippen LogP contribution < -0.4 is 16.3 Å². The predicted octanol–water partition coefficient (Wildman–Crippen LogP) is 5.51. The van der Waals surface area contributed by atoms with Crippen LogP contribution in [0.4, 0.5) is 0 Å².